The molecule has 0 bridgehead atoms. The smallest absolute Gasteiger partial charge is 0.188 e. The number of allylic oxidation sites excluding steroid dienone is 4. The molecule has 320 valence electrons. The zero-order valence-corrected chi connectivity index (χ0v) is 37.7. The second kappa shape index (κ2) is 18.0. The highest BCUT2D eigenvalue weighted by atomic mass is 15.0. The van der Waals surface area contributed by atoms with Crippen LogP contribution in [0.25, 0.3) is 106 Å². The minimum Gasteiger partial charge on any atom is -0.308 e. The number of benzene rings is 8. The summed E-state index contributed by atoms with van der Waals surface area (Å²) in [5.41, 5.74) is 15.0. The molecule has 67 heavy (non-hydrogen) atoms. The molecule has 0 spiro atoms. The molecule has 0 saturated carbocycles. The van der Waals surface area contributed by atoms with Gasteiger partial charge in [0.2, 0.25) is 0 Å². The third-order valence-corrected chi connectivity index (χ3v) is 12.2. The Labute approximate surface area is 392 Å². The molecule has 2 heterocycles. The van der Waals surface area contributed by atoms with Crippen molar-refractivity contribution < 1.29 is 0 Å². The van der Waals surface area contributed by atoms with Gasteiger partial charge < -0.3 is 4.57 Å². The Kier molecular flexibility index (Phi) is 11.4. The molecule has 0 unspecified atom stereocenters. The molecule has 0 aliphatic heterocycles. The van der Waals surface area contributed by atoms with E-state index < -0.39 is 0 Å². The molecule has 0 saturated heterocycles. The highest BCUT2D eigenvalue weighted by Crippen LogP contribution is 2.45. The van der Waals surface area contributed by atoms with Crippen molar-refractivity contribution in [3.8, 4) is 73.2 Å². The molecule has 2 aromatic heterocycles. The third-order valence-electron chi connectivity index (χ3n) is 12.2. The largest absolute Gasteiger partial charge is 0.308 e. The summed E-state index contributed by atoms with van der Waals surface area (Å²) in [6, 6.07) is 65.6. The van der Waals surface area contributed by atoms with E-state index in [1.54, 1.807) is 6.08 Å². The molecule has 0 fully saturated rings. The maximum absolute atomic E-state index is 7.96. The van der Waals surface area contributed by atoms with Crippen LogP contribution in [0, 0.1) is 6.57 Å². The average Bonchev–Trinajstić information content (AvgIpc) is 3.70. The Morgan fingerprint density at radius 1 is 0.478 bits per heavy atom. The lowest BCUT2D eigenvalue weighted by Crippen LogP contribution is -2.10. The fourth-order valence-electron chi connectivity index (χ4n) is 8.73. The number of hydrogen-bond donors (Lipinski definition) is 0. The molecule has 0 aliphatic rings. The van der Waals surface area contributed by atoms with Crippen molar-refractivity contribution in [1.29, 1.82) is 0 Å². The molecule has 8 aromatic carbocycles. The van der Waals surface area contributed by atoms with Gasteiger partial charge in [-0.25, -0.2) is 19.8 Å². The van der Waals surface area contributed by atoms with E-state index in [9.17, 15) is 0 Å². The van der Waals surface area contributed by atoms with Crippen LogP contribution in [-0.4, -0.2) is 19.5 Å². The molecule has 0 amide bonds. The summed E-state index contributed by atoms with van der Waals surface area (Å²) in [4.78, 5) is 19.6. The fourth-order valence-corrected chi connectivity index (χ4v) is 8.73. The van der Waals surface area contributed by atoms with Gasteiger partial charge in [0.1, 0.15) is 0 Å². The zero-order valence-electron chi connectivity index (χ0n) is 37.7. The maximum Gasteiger partial charge on any atom is 0.188 e. The minimum atomic E-state index is -0.0692. The molecular weight excluding hydrogens is 815 g/mol. The number of nitrogens with zero attached hydrogens (tertiary/aromatic N) is 5. The first kappa shape index (κ1) is 42.2. The van der Waals surface area contributed by atoms with Gasteiger partial charge in [-0.3, -0.25) is 0 Å². The van der Waals surface area contributed by atoms with Crippen LogP contribution in [0.1, 0.15) is 31.9 Å². The van der Waals surface area contributed by atoms with Gasteiger partial charge in [0, 0.05) is 33.2 Å². The summed E-state index contributed by atoms with van der Waals surface area (Å²) < 4.78 is 2.39. The molecular formula is C62H47N5. The van der Waals surface area contributed by atoms with Crippen LogP contribution in [0.3, 0.4) is 0 Å². The van der Waals surface area contributed by atoms with E-state index in [0.29, 0.717) is 23.2 Å². The lowest BCUT2D eigenvalue weighted by molar-refractivity contribution is 0.591. The van der Waals surface area contributed by atoms with Crippen LogP contribution in [0.15, 0.2) is 219 Å². The number of fused-ring (bicyclic) bond motifs is 3. The van der Waals surface area contributed by atoms with Crippen LogP contribution < -0.4 is 0 Å². The third kappa shape index (κ3) is 8.53. The van der Waals surface area contributed by atoms with Crippen molar-refractivity contribution >= 4 is 33.6 Å². The Morgan fingerprint density at radius 3 is 1.49 bits per heavy atom. The summed E-state index contributed by atoms with van der Waals surface area (Å²) in [6.45, 7) is 18.5. The number of hydrogen-bond acceptors (Lipinski definition) is 3. The second-order valence-corrected chi connectivity index (χ2v) is 17.6. The van der Waals surface area contributed by atoms with E-state index in [4.69, 9.17) is 21.5 Å². The van der Waals surface area contributed by atoms with Gasteiger partial charge in [-0.2, -0.15) is 0 Å². The van der Waals surface area contributed by atoms with Gasteiger partial charge in [0.15, 0.2) is 23.2 Å². The topological polar surface area (TPSA) is 48.0 Å². The molecule has 5 heteroatoms. The predicted molar refractivity (Wildman–Crippen MR) is 280 cm³/mol. The lowest BCUT2D eigenvalue weighted by Gasteiger charge is -2.22. The molecule has 0 radical (unpaired) electrons. The van der Waals surface area contributed by atoms with E-state index in [1.807, 2.05) is 36.4 Å². The van der Waals surface area contributed by atoms with E-state index in [1.165, 1.54) is 5.56 Å². The van der Waals surface area contributed by atoms with Crippen molar-refractivity contribution in [3.05, 3.63) is 241 Å². The summed E-state index contributed by atoms with van der Waals surface area (Å²) >= 11 is 0. The summed E-state index contributed by atoms with van der Waals surface area (Å²) in [6.07, 6.45) is 9.69. The van der Waals surface area contributed by atoms with Crippen LogP contribution in [0.5, 0.6) is 0 Å². The van der Waals surface area contributed by atoms with E-state index in [2.05, 4.69) is 213 Å². The lowest BCUT2D eigenvalue weighted by atomic mass is 9.86. The van der Waals surface area contributed by atoms with Crippen molar-refractivity contribution in [2.45, 2.75) is 26.2 Å². The SMILES string of the molecule is [C-]#[N+]c1ccc2c(c1)c1cc(C(C)(C)C)ccc1n2-c1c(-c2ccccc2)cc(-c2nc(-c3ccc(/C=C/C=C\C=C)cc3)nc(-c3ccc(-c4ccccc4)cc3)n2)cc1-c1ccccc1. The highest BCUT2D eigenvalue weighted by Gasteiger charge is 2.24. The summed E-state index contributed by atoms with van der Waals surface area (Å²) in [5, 5.41) is 2.14. The van der Waals surface area contributed by atoms with Crippen LogP contribution in [-0.2, 0) is 5.41 Å². The molecule has 10 rings (SSSR count). The van der Waals surface area contributed by atoms with Crippen molar-refractivity contribution in [1.82, 2.24) is 19.5 Å². The molecule has 0 N–H and O–H groups in total. The Bertz CT molecular complexity index is 3470. The predicted octanol–water partition coefficient (Wildman–Crippen LogP) is 16.6. The van der Waals surface area contributed by atoms with E-state index in [-0.39, 0.29) is 5.41 Å². The van der Waals surface area contributed by atoms with Gasteiger partial charge in [-0.1, -0.05) is 209 Å². The maximum atomic E-state index is 7.96. The quantitative estimate of drug-likeness (QED) is 0.102. The number of aromatic nitrogens is 4. The van der Waals surface area contributed by atoms with Crippen LogP contribution >= 0.6 is 0 Å². The monoisotopic (exact) mass is 861 g/mol. The van der Waals surface area contributed by atoms with Gasteiger partial charge in [-0.05, 0) is 80.6 Å². The first-order valence-electron chi connectivity index (χ1n) is 22.5. The van der Waals surface area contributed by atoms with Crippen molar-refractivity contribution in [3.63, 3.8) is 0 Å². The Balaban J connectivity index is 1.24. The van der Waals surface area contributed by atoms with Crippen molar-refractivity contribution in [2.75, 3.05) is 0 Å². The van der Waals surface area contributed by atoms with E-state index in [0.717, 1.165) is 83.1 Å². The average molecular weight is 862 g/mol. The molecule has 0 aliphatic carbocycles. The standard InChI is InChI=1S/C62H47N5/c1-6-7-8-12-19-42-26-28-47(29-27-42)59-64-60(48-32-30-44(31-33-48)43-20-13-9-14-21-43)66-61(65-59)49-38-52(45-22-15-10-16-23-45)58(53(39-49)46-24-17-11-18-25-46)67-56-36-34-50(62(2,3)4)40-54(56)55-41-51(63-5)35-37-57(55)67/h6-41H,1H2,2-4H3/b8-7-,19-12+. The summed E-state index contributed by atoms with van der Waals surface area (Å²) in [7, 11) is 0. The molecule has 10 aromatic rings. The van der Waals surface area contributed by atoms with Crippen LogP contribution in [0.4, 0.5) is 5.69 Å². The first-order chi connectivity index (χ1) is 32.7. The summed E-state index contributed by atoms with van der Waals surface area (Å²) in [5.74, 6) is 1.72. The van der Waals surface area contributed by atoms with Crippen molar-refractivity contribution in [2.24, 2.45) is 0 Å². The molecule has 0 atom stereocenters. The number of rotatable bonds is 10. The van der Waals surface area contributed by atoms with Crippen LogP contribution in [0.2, 0.25) is 0 Å². The van der Waals surface area contributed by atoms with E-state index >= 15 is 0 Å². The van der Waals surface area contributed by atoms with Gasteiger partial charge >= 0.3 is 0 Å². The Hall–Kier alpha value is -8.72. The highest BCUT2D eigenvalue weighted by molar-refractivity contribution is 6.12. The van der Waals surface area contributed by atoms with Gasteiger partial charge in [-0.15, -0.1) is 0 Å². The first-order valence-corrected chi connectivity index (χ1v) is 22.5. The Morgan fingerprint density at radius 2 is 0.955 bits per heavy atom. The minimum absolute atomic E-state index is 0.0692. The normalized spacial score (nSPS) is 11.7. The molecule has 5 nitrogen and oxygen atoms in total. The zero-order chi connectivity index (χ0) is 45.9. The van der Waals surface area contributed by atoms with Gasteiger partial charge in [0.05, 0.1) is 23.3 Å². The van der Waals surface area contributed by atoms with Gasteiger partial charge in [0.25, 0.3) is 0 Å². The second-order valence-electron chi connectivity index (χ2n) is 17.6. The fraction of sp³-hybridized carbons (Fsp3) is 0.0645.